The average Bonchev–Trinajstić information content (AvgIpc) is 3.04. The average molecular weight is 290 g/mol. The molecule has 0 aromatic carbocycles. The molecular formula is C13H14N4O2S. The van der Waals surface area contributed by atoms with Crippen molar-refractivity contribution in [2.75, 3.05) is 0 Å². The van der Waals surface area contributed by atoms with Crippen LogP contribution in [-0.4, -0.2) is 15.0 Å². The molecule has 0 fully saturated rings. The van der Waals surface area contributed by atoms with E-state index in [2.05, 4.69) is 20.3 Å². The van der Waals surface area contributed by atoms with Gasteiger partial charge >= 0.3 is 0 Å². The van der Waals surface area contributed by atoms with E-state index in [1.165, 1.54) is 11.3 Å². The summed E-state index contributed by atoms with van der Waals surface area (Å²) in [7, 11) is 0. The van der Waals surface area contributed by atoms with Crippen molar-refractivity contribution in [2.45, 2.75) is 26.4 Å². The van der Waals surface area contributed by atoms with Gasteiger partial charge in [-0.3, -0.25) is 10.1 Å². The lowest BCUT2D eigenvalue weighted by Gasteiger charge is -2.09. The van der Waals surface area contributed by atoms with Crippen LogP contribution in [-0.2, 0) is 6.54 Å². The van der Waals surface area contributed by atoms with Crippen molar-refractivity contribution in [3.63, 3.8) is 0 Å². The minimum Gasteiger partial charge on any atom is -0.444 e. The third kappa shape index (κ3) is 2.50. The molecule has 0 radical (unpaired) electrons. The van der Waals surface area contributed by atoms with Crippen molar-refractivity contribution in [2.24, 2.45) is 0 Å². The molecule has 3 aromatic heterocycles. The molecule has 0 spiro atoms. The van der Waals surface area contributed by atoms with Gasteiger partial charge in [0.05, 0.1) is 24.3 Å². The molecule has 20 heavy (non-hydrogen) atoms. The number of hydrogen-bond donors (Lipinski definition) is 2. The molecule has 3 aromatic rings. The molecule has 3 heterocycles. The fourth-order valence-electron chi connectivity index (χ4n) is 1.91. The Hall–Kier alpha value is -1.99. The fraction of sp³-hybridized carbons (Fsp3) is 0.308. The lowest BCUT2D eigenvalue weighted by molar-refractivity contribution is 0.400. The molecule has 7 heteroatoms. The van der Waals surface area contributed by atoms with E-state index in [4.69, 9.17) is 4.42 Å². The smallest absolute Gasteiger partial charge is 0.268 e. The van der Waals surface area contributed by atoms with Crippen LogP contribution >= 0.6 is 11.3 Å². The Morgan fingerprint density at radius 3 is 3.15 bits per heavy atom. The van der Waals surface area contributed by atoms with E-state index >= 15 is 0 Å². The van der Waals surface area contributed by atoms with Gasteiger partial charge in [0, 0.05) is 0 Å². The third-order valence-electron chi connectivity index (χ3n) is 2.95. The molecule has 0 aliphatic carbocycles. The number of aryl methyl sites for hydroxylation is 1. The second kappa shape index (κ2) is 5.18. The molecule has 0 saturated carbocycles. The second-order valence-electron chi connectivity index (χ2n) is 4.56. The van der Waals surface area contributed by atoms with Crippen LogP contribution in [0.1, 0.15) is 30.4 Å². The lowest BCUT2D eigenvalue weighted by Crippen LogP contribution is -2.22. The largest absolute Gasteiger partial charge is 0.444 e. The van der Waals surface area contributed by atoms with Gasteiger partial charge in [0.2, 0.25) is 5.89 Å². The minimum absolute atomic E-state index is 0.0489. The van der Waals surface area contributed by atoms with Gasteiger partial charge in [0.25, 0.3) is 5.56 Å². The summed E-state index contributed by atoms with van der Waals surface area (Å²) >= 11 is 1.39. The Morgan fingerprint density at radius 2 is 2.40 bits per heavy atom. The number of rotatable bonds is 4. The number of nitrogens with zero attached hydrogens (tertiary/aromatic N) is 2. The second-order valence-corrected chi connectivity index (χ2v) is 5.48. The van der Waals surface area contributed by atoms with E-state index < -0.39 is 0 Å². The van der Waals surface area contributed by atoms with E-state index in [9.17, 15) is 4.79 Å². The van der Waals surface area contributed by atoms with Crippen molar-refractivity contribution in [1.82, 2.24) is 20.3 Å². The Morgan fingerprint density at radius 1 is 1.55 bits per heavy atom. The molecule has 3 rings (SSSR count). The van der Waals surface area contributed by atoms with Gasteiger partial charge in [0.1, 0.15) is 16.3 Å². The van der Waals surface area contributed by atoms with Crippen LogP contribution in [0.5, 0.6) is 0 Å². The van der Waals surface area contributed by atoms with Crippen molar-refractivity contribution in [3.8, 4) is 0 Å². The zero-order valence-electron chi connectivity index (χ0n) is 11.1. The quantitative estimate of drug-likeness (QED) is 0.769. The maximum absolute atomic E-state index is 11.8. The first-order valence-corrected chi connectivity index (χ1v) is 7.13. The summed E-state index contributed by atoms with van der Waals surface area (Å²) in [4.78, 5) is 23.2. The SMILES string of the molecule is Cc1cnc(C(C)NCc2nc3ccsc3c(=O)[nH]2)o1. The zero-order chi connectivity index (χ0) is 14.1. The van der Waals surface area contributed by atoms with Crippen molar-refractivity contribution >= 4 is 21.6 Å². The number of fused-ring (bicyclic) bond motifs is 1. The molecule has 1 unspecified atom stereocenters. The fourth-order valence-corrected chi connectivity index (χ4v) is 2.64. The molecule has 0 bridgehead atoms. The van der Waals surface area contributed by atoms with E-state index in [1.54, 1.807) is 6.20 Å². The van der Waals surface area contributed by atoms with Crippen LogP contribution < -0.4 is 10.9 Å². The summed E-state index contributed by atoms with van der Waals surface area (Å²) in [6, 6.07) is 1.80. The number of aromatic nitrogens is 3. The molecule has 0 aliphatic heterocycles. The molecule has 6 nitrogen and oxygen atoms in total. The Labute approximate surface area is 118 Å². The van der Waals surface area contributed by atoms with E-state index in [1.807, 2.05) is 25.3 Å². The number of H-pyrrole nitrogens is 1. The molecule has 0 saturated heterocycles. The molecule has 1 atom stereocenters. The standard InChI is InChI=1S/C13H14N4O2S/c1-7-5-15-13(19-7)8(2)14-6-10-16-9-3-4-20-11(9)12(18)17-10/h3-5,8,14H,6H2,1-2H3,(H,16,17,18). The number of oxazole rings is 1. The molecule has 104 valence electrons. The van der Waals surface area contributed by atoms with E-state index in [0.29, 0.717) is 23.0 Å². The topological polar surface area (TPSA) is 83.8 Å². The highest BCUT2D eigenvalue weighted by atomic mass is 32.1. The third-order valence-corrected chi connectivity index (χ3v) is 3.85. The summed E-state index contributed by atoms with van der Waals surface area (Å²) in [5, 5.41) is 5.09. The maximum Gasteiger partial charge on any atom is 0.268 e. The number of hydrogen-bond acceptors (Lipinski definition) is 6. The number of thiophene rings is 1. The molecule has 0 aliphatic rings. The lowest BCUT2D eigenvalue weighted by atomic mass is 10.3. The first-order valence-electron chi connectivity index (χ1n) is 6.25. The van der Waals surface area contributed by atoms with Gasteiger partial charge in [-0.15, -0.1) is 11.3 Å². The summed E-state index contributed by atoms with van der Waals surface area (Å²) in [6.07, 6.45) is 1.69. The summed E-state index contributed by atoms with van der Waals surface area (Å²) in [5.41, 5.74) is 0.636. The number of aromatic amines is 1. The highest BCUT2D eigenvalue weighted by Gasteiger charge is 2.12. The molecular weight excluding hydrogens is 276 g/mol. The Kier molecular flexibility index (Phi) is 3.37. The van der Waals surface area contributed by atoms with Gasteiger partial charge in [-0.2, -0.15) is 0 Å². The van der Waals surface area contributed by atoms with Crippen LogP contribution in [0, 0.1) is 6.92 Å². The highest BCUT2D eigenvalue weighted by Crippen LogP contribution is 2.15. The first kappa shape index (κ1) is 13.0. The summed E-state index contributed by atoms with van der Waals surface area (Å²) in [6.45, 7) is 4.25. The van der Waals surface area contributed by atoms with Gasteiger partial charge in [-0.05, 0) is 25.3 Å². The van der Waals surface area contributed by atoms with Crippen LogP contribution in [0.2, 0.25) is 0 Å². The van der Waals surface area contributed by atoms with Crippen molar-refractivity contribution in [3.05, 3.63) is 45.5 Å². The van der Waals surface area contributed by atoms with Gasteiger partial charge in [0.15, 0.2) is 0 Å². The minimum atomic E-state index is -0.0959. The van der Waals surface area contributed by atoms with Gasteiger partial charge in [-0.1, -0.05) is 0 Å². The van der Waals surface area contributed by atoms with Crippen LogP contribution in [0.15, 0.2) is 26.9 Å². The van der Waals surface area contributed by atoms with E-state index in [0.717, 1.165) is 11.3 Å². The zero-order valence-corrected chi connectivity index (χ0v) is 12.0. The Bertz CT molecular complexity index is 789. The maximum atomic E-state index is 11.8. The number of nitrogens with one attached hydrogen (secondary N) is 2. The van der Waals surface area contributed by atoms with Gasteiger partial charge in [-0.25, -0.2) is 9.97 Å². The first-order chi connectivity index (χ1) is 9.63. The monoisotopic (exact) mass is 290 g/mol. The predicted octanol–water partition coefficient (Wildman–Crippen LogP) is 2.13. The van der Waals surface area contributed by atoms with Crippen LogP contribution in [0.3, 0.4) is 0 Å². The highest BCUT2D eigenvalue weighted by molar-refractivity contribution is 7.17. The summed E-state index contributed by atoms with van der Waals surface area (Å²) in [5.74, 6) is 2.01. The molecule has 2 N–H and O–H groups in total. The summed E-state index contributed by atoms with van der Waals surface area (Å²) < 4.78 is 6.11. The van der Waals surface area contributed by atoms with Crippen LogP contribution in [0.25, 0.3) is 10.2 Å². The predicted molar refractivity (Wildman–Crippen MR) is 76.7 cm³/mol. The Balaban J connectivity index is 1.75. The van der Waals surface area contributed by atoms with Crippen molar-refractivity contribution in [1.29, 1.82) is 0 Å². The normalized spacial score (nSPS) is 12.9. The van der Waals surface area contributed by atoms with Crippen molar-refractivity contribution < 1.29 is 4.42 Å². The van der Waals surface area contributed by atoms with Crippen LogP contribution in [0.4, 0.5) is 0 Å². The van der Waals surface area contributed by atoms with E-state index in [-0.39, 0.29) is 11.6 Å². The molecule has 0 amide bonds. The van der Waals surface area contributed by atoms with Gasteiger partial charge < -0.3 is 9.40 Å².